The van der Waals surface area contributed by atoms with Crippen LogP contribution in [0.25, 0.3) is 0 Å². The fourth-order valence-corrected chi connectivity index (χ4v) is 2.51. The normalized spacial score (nSPS) is 12.7. The average Bonchev–Trinajstić information content (AvgIpc) is 2.48. The lowest BCUT2D eigenvalue weighted by Crippen LogP contribution is -2.19. The number of hydrogen-bond acceptors (Lipinski definition) is 3. The first kappa shape index (κ1) is 24.9. The summed E-state index contributed by atoms with van der Waals surface area (Å²) in [4.78, 5) is 0. The molecular formula is C22H46O3. The molecule has 0 aromatic rings. The molecular weight excluding hydrogens is 312 g/mol. The highest BCUT2D eigenvalue weighted by Gasteiger charge is 2.09. The van der Waals surface area contributed by atoms with E-state index < -0.39 is 0 Å². The van der Waals surface area contributed by atoms with Gasteiger partial charge in [-0.3, -0.25) is 0 Å². The molecule has 0 saturated heterocycles. The highest BCUT2D eigenvalue weighted by molar-refractivity contribution is 4.61. The van der Waals surface area contributed by atoms with Gasteiger partial charge in [-0.2, -0.15) is 0 Å². The van der Waals surface area contributed by atoms with Crippen molar-refractivity contribution in [3.63, 3.8) is 0 Å². The molecule has 0 fully saturated rings. The van der Waals surface area contributed by atoms with E-state index in [9.17, 15) is 0 Å². The third kappa shape index (κ3) is 23.9. The molecule has 0 aliphatic heterocycles. The Morgan fingerprint density at radius 2 is 0.880 bits per heavy atom. The molecule has 0 rings (SSSR count). The Bertz CT molecular complexity index is 248. The topological polar surface area (TPSA) is 27.7 Å². The zero-order valence-corrected chi connectivity index (χ0v) is 18.1. The maximum Gasteiger partial charge on any atom is 0.0598 e. The molecule has 0 amide bonds. The predicted octanol–water partition coefficient (Wildman–Crippen LogP) is 6.39. The molecule has 0 saturated carbocycles. The van der Waals surface area contributed by atoms with E-state index in [2.05, 4.69) is 41.5 Å². The molecule has 0 N–H and O–H groups in total. The second-order valence-electron chi connectivity index (χ2n) is 9.32. The van der Waals surface area contributed by atoms with Gasteiger partial charge in [-0.25, -0.2) is 0 Å². The third-order valence-corrected chi connectivity index (χ3v) is 4.01. The first-order valence-electron chi connectivity index (χ1n) is 10.5. The second kappa shape index (κ2) is 15.0. The molecule has 0 heterocycles. The Morgan fingerprint density at radius 3 is 1.32 bits per heavy atom. The highest BCUT2D eigenvalue weighted by atomic mass is 16.5. The first-order chi connectivity index (χ1) is 11.7. The zero-order valence-electron chi connectivity index (χ0n) is 18.1. The van der Waals surface area contributed by atoms with Gasteiger partial charge in [0.05, 0.1) is 5.60 Å². The molecule has 25 heavy (non-hydrogen) atoms. The van der Waals surface area contributed by atoms with Crippen LogP contribution in [0.3, 0.4) is 0 Å². The van der Waals surface area contributed by atoms with Crippen molar-refractivity contribution in [2.24, 2.45) is 5.41 Å². The molecule has 0 radical (unpaired) electrons. The van der Waals surface area contributed by atoms with E-state index in [1.54, 1.807) is 0 Å². The minimum Gasteiger partial charge on any atom is -0.381 e. The fraction of sp³-hybridized carbons (Fsp3) is 1.00. The fourth-order valence-electron chi connectivity index (χ4n) is 2.51. The lowest BCUT2D eigenvalue weighted by Gasteiger charge is -2.19. The molecule has 0 aromatic heterocycles. The van der Waals surface area contributed by atoms with Gasteiger partial charge < -0.3 is 14.2 Å². The van der Waals surface area contributed by atoms with E-state index >= 15 is 0 Å². The molecule has 0 unspecified atom stereocenters. The maximum absolute atomic E-state index is 5.70. The Kier molecular flexibility index (Phi) is 14.9. The summed E-state index contributed by atoms with van der Waals surface area (Å²) in [6, 6.07) is 0. The van der Waals surface area contributed by atoms with E-state index in [0.717, 1.165) is 58.7 Å². The summed E-state index contributed by atoms with van der Waals surface area (Å²) in [5.74, 6) is 0. The van der Waals surface area contributed by atoms with Gasteiger partial charge in [0.1, 0.15) is 0 Å². The minimum atomic E-state index is -0.00893. The van der Waals surface area contributed by atoms with E-state index in [1.807, 2.05) is 0 Å². The van der Waals surface area contributed by atoms with Gasteiger partial charge in [-0.1, -0.05) is 33.6 Å². The Morgan fingerprint density at radius 1 is 0.480 bits per heavy atom. The zero-order chi connectivity index (χ0) is 19.0. The maximum atomic E-state index is 5.70. The van der Waals surface area contributed by atoms with Crippen LogP contribution in [0, 0.1) is 5.41 Å². The van der Waals surface area contributed by atoms with Crippen molar-refractivity contribution in [2.45, 2.75) is 105 Å². The van der Waals surface area contributed by atoms with Crippen LogP contribution in [0.4, 0.5) is 0 Å². The van der Waals surface area contributed by atoms with E-state index in [1.165, 1.54) is 32.1 Å². The summed E-state index contributed by atoms with van der Waals surface area (Å²) in [6.07, 6.45) is 10.8. The van der Waals surface area contributed by atoms with Crippen molar-refractivity contribution >= 4 is 0 Å². The van der Waals surface area contributed by atoms with Crippen LogP contribution in [0.15, 0.2) is 0 Å². The average molecular weight is 359 g/mol. The van der Waals surface area contributed by atoms with Crippen molar-refractivity contribution in [2.75, 3.05) is 33.0 Å². The van der Waals surface area contributed by atoms with Gasteiger partial charge in [-0.05, 0) is 71.1 Å². The largest absolute Gasteiger partial charge is 0.381 e. The molecule has 152 valence electrons. The first-order valence-corrected chi connectivity index (χ1v) is 10.5. The Labute approximate surface area is 158 Å². The Hall–Kier alpha value is -0.120. The van der Waals surface area contributed by atoms with Crippen LogP contribution in [-0.4, -0.2) is 38.6 Å². The number of rotatable bonds is 16. The molecule has 0 aromatic carbocycles. The Balaban J connectivity index is 3.08. The molecule has 3 heteroatoms. The van der Waals surface area contributed by atoms with Crippen LogP contribution in [0.2, 0.25) is 0 Å². The number of unbranched alkanes of at least 4 members (excludes halogenated alkanes) is 5. The summed E-state index contributed by atoms with van der Waals surface area (Å²) in [5, 5.41) is 0. The monoisotopic (exact) mass is 358 g/mol. The summed E-state index contributed by atoms with van der Waals surface area (Å²) < 4.78 is 17.1. The van der Waals surface area contributed by atoms with Crippen LogP contribution in [0.5, 0.6) is 0 Å². The van der Waals surface area contributed by atoms with Gasteiger partial charge >= 0.3 is 0 Å². The summed E-state index contributed by atoms with van der Waals surface area (Å²) in [6.45, 7) is 17.7. The summed E-state index contributed by atoms with van der Waals surface area (Å²) in [5.41, 5.74) is 0.464. The van der Waals surface area contributed by atoms with Crippen molar-refractivity contribution in [3.8, 4) is 0 Å². The molecule has 0 aliphatic carbocycles. The third-order valence-electron chi connectivity index (χ3n) is 4.01. The van der Waals surface area contributed by atoms with Crippen molar-refractivity contribution in [1.82, 2.24) is 0 Å². The summed E-state index contributed by atoms with van der Waals surface area (Å²) >= 11 is 0. The van der Waals surface area contributed by atoms with Crippen LogP contribution >= 0.6 is 0 Å². The molecule has 3 nitrogen and oxygen atoms in total. The molecule has 0 bridgehead atoms. The standard InChI is InChI=1S/C22H46O3/c1-21(2,3)15-9-7-10-16-23-18-13-14-19-24-17-11-8-12-20-25-22(4,5)6/h7-20H2,1-6H3. The van der Waals surface area contributed by atoms with Crippen molar-refractivity contribution < 1.29 is 14.2 Å². The quantitative estimate of drug-likeness (QED) is 0.299. The predicted molar refractivity (Wildman–Crippen MR) is 108 cm³/mol. The smallest absolute Gasteiger partial charge is 0.0598 e. The van der Waals surface area contributed by atoms with Crippen LogP contribution < -0.4 is 0 Å². The molecule has 0 atom stereocenters. The van der Waals surface area contributed by atoms with Gasteiger partial charge in [0.15, 0.2) is 0 Å². The van der Waals surface area contributed by atoms with Crippen LogP contribution in [-0.2, 0) is 14.2 Å². The number of hydrogen-bond donors (Lipinski definition) is 0. The molecule has 0 spiro atoms. The van der Waals surface area contributed by atoms with E-state index in [4.69, 9.17) is 14.2 Å². The summed E-state index contributed by atoms with van der Waals surface area (Å²) in [7, 11) is 0. The van der Waals surface area contributed by atoms with Crippen molar-refractivity contribution in [1.29, 1.82) is 0 Å². The highest BCUT2D eigenvalue weighted by Crippen LogP contribution is 2.21. The van der Waals surface area contributed by atoms with Gasteiger partial charge in [0.2, 0.25) is 0 Å². The second-order valence-corrected chi connectivity index (χ2v) is 9.32. The van der Waals surface area contributed by atoms with Gasteiger partial charge in [-0.15, -0.1) is 0 Å². The van der Waals surface area contributed by atoms with Gasteiger partial charge in [0, 0.05) is 33.0 Å². The van der Waals surface area contributed by atoms with Gasteiger partial charge in [0.25, 0.3) is 0 Å². The van der Waals surface area contributed by atoms with E-state index in [0.29, 0.717) is 5.41 Å². The lowest BCUT2D eigenvalue weighted by molar-refractivity contribution is -0.00538. The van der Waals surface area contributed by atoms with Crippen LogP contribution in [0.1, 0.15) is 99.3 Å². The number of ether oxygens (including phenoxy) is 3. The SMILES string of the molecule is CC(C)(C)CCCCCOCCCCOCCCCCOC(C)(C)C. The minimum absolute atomic E-state index is 0.00893. The van der Waals surface area contributed by atoms with Crippen molar-refractivity contribution in [3.05, 3.63) is 0 Å². The van der Waals surface area contributed by atoms with E-state index in [-0.39, 0.29) is 5.60 Å². The lowest BCUT2D eigenvalue weighted by atomic mass is 9.89. The molecule has 0 aliphatic rings.